The fourth-order valence-electron chi connectivity index (χ4n) is 1.89. The molecule has 0 unspecified atom stereocenters. The summed E-state index contributed by atoms with van der Waals surface area (Å²) in [5.41, 5.74) is 8.21. The summed E-state index contributed by atoms with van der Waals surface area (Å²) in [5.74, 6) is 0.000856. The van der Waals surface area contributed by atoms with E-state index in [1.165, 1.54) is 0 Å². The Balaban J connectivity index is 2.44. The monoisotopic (exact) mass is 264 g/mol. The van der Waals surface area contributed by atoms with Gasteiger partial charge < -0.3 is 11.1 Å². The first-order valence-corrected chi connectivity index (χ1v) is 6.56. The fourth-order valence-corrected chi connectivity index (χ4v) is 2.03. The Morgan fingerprint density at radius 3 is 2.44 bits per heavy atom. The van der Waals surface area contributed by atoms with E-state index >= 15 is 0 Å². The molecule has 18 heavy (non-hydrogen) atoms. The van der Waals surface area contributed by atoms with E-state index in [1.54, 1.807) is 0 Å². The summed E-state index contributed by atoms with van der Waals surface area (Å²) in [6.45, 7) is 4.57. The van der Waals surface area contributed by atoms with Crippen LogP contribution < -0.4 is 11.1 Å². The number of amides is 1. The van der Waals surface area contributed by atoms with Crippen LogP contribution in [0.1, 0.15) is 40.7 Å². The molecule has 0 aliphatic carbocycles. The Morgan fingerprint density at radius 1 is 1.28 bits per heavy atom. The average Bonchev–Trinajstić information content (AvgIpc) is 2.27. The minimum absolute atomic E-state index is 0.000856. The van der Waals surface area contributed by atoms with Crippen LogP contribution in [0.2, 0.25) is 0 Å². The van der Waals surface area contributed by atoms with Gasteiger partial charge in [0.15, 0.2) is 0 Å². The number of thiocarbonyl (C=S) groups is 1. The Hall–Kier alpha value is -1.42. The van der Waals surface area contributed by atoms with E-state index in [0.717, 1.165) is 36.0 Å². The van der Waals surface area contributed by atoms with Gasteiger partial charge >= 0.3 is 0 Å². The van der Waals surface area contributed by atoms with Crippen molar-refractivity contribution in [1.82, 2.24) is 5.32 Å². The van der Waals surface area contributed by atoms with Crippen LogP contribution in [0, 0.1) is 13.8 Å². The number of unbranched alkanes of at least 4 members (excludes halogenated alkanes) is 1. The molecule has 0 saturated heterocycles. The molecule has 0 aliphatic heterocycles. The van der Waals surface area contributed by atoms with Crippen molar-refractivity contribution in [2.75, 3.05) is 6.54 Å². The molecule has 3 N–H and O–H groups in total. The molecular formula is C14H20N2OS. The second-order valence-electron chi connectivity index (χ2n) is 4.45. The van der Waals surface area contributed by atoms with Crippen LogP contribution in [0.25, 0.3) is 0 Å². The molecule has 0 aromatic heterocycles. The van der Waals surface area contributed by atoms with E-state index in [-0.39, 0.29) is 5.91 Å². The zero-order valence-electron chi connectivity index (χ0n) is 11.0. The van der Waals surface area contributed by atoms with Gasteiger partial charge in [0.1, 0.15) is 0 Å². The van der Waals surface area contributed by atoms with E-state index < -0.39 is 0 Å². The standard InChI is InChI=1S/C14H20N2OS/c1-10-6-5-7-11(2)13(10)14(17)16-9-4-3-8-12(15)18/h5-7H,3-4,8-9H2,1-2H3,(H2,15,18)(H,16,17). The minimum Gasteiger partial charge on any atom is -0.393 e. The summed E-state index contributed by atoms with van der Waals surface area (Å²) < 4.78 is 0. The third kappa shape index (κ3) is 4.45. The molecule has 4 heteroatoms. The summed E-state index contributed by atoms with van der Waals surface area (Å²) in [4.78, 5) is 12.6. The molecule has 0 atom stereocenters. The second-order valence-corrected chi connectivity index (χ2v) is 4.97. The van der Waals surface area contributed by atoms with E-state index in [9.17, 15) is 4.79 Å². The van der Waals surface area contributed by atoms with Gasteiger partial charge in [-0.05, 0) is 44.2 Å². The SMILES string of the molecule is Cc1cccc(C)c1C(=O)NCCCCC(N)=S. The molecule has 1 rings (SSSR count). The van der Waals surface area contributed by atoms with Gasteiger partial charge in [-0.25, -0.2) is 0 Å². The summed E-state index contributed by atoms with van der Waals surface area (Å²) in [7, 11) is 0. The maximum absolute atomic E-state index is 12.0. The smallest absolute Gasteiger partial charge is 0.251 e. The van der Waals surface area contributed by atoms with Crippen molar-refractivity contribution >= 4 is 23.1 Å². The van der Waals surface area contributed by atoms with Crippen LogP contribution in [0.15, 0.2) is 18.2 Å². The van der Waals surface area contributed by atoms with Crippen LogP contribution in [-0.2, 0) is 0 Å². The lowest BCUT2D eigenvalue weighted by Crippen LogP contribution is -2.26. The van der Waals surface area contributed by atoms with E-state index in [2.05, 4.69) is 5.32 Å². The number of rotatable bonds is 6. The summed E-state index contributed by atoms with van der Waals surface area (Å²) >= 11 is 4.80. The highest BCUT2D eigenvalue weighted by molar-refractivity contribution is 7.80. The van der Waals surface area contributed by atoms with Gasteiger partial charge in [0.25, 0.3) is 5.91 Å². The van der Waals surface area contributed by atoms with Gasteiger partial charge in [-0.1, -0.05) is 30.4 Å². The number of carbonyl (C=O) groups excluding carboxylic acids is 1. The Bertz CT molecular complexity index is 423. The van der Waals surface area contributed by atoms with Gasteiger partial charge in [-0.15, -0.1) is 0 Å². The first-order valence-electron chi connectivity index (χ1n) is 6.15. The van der Waals surface area contributed by atoms with Gasteiger partial charge in [-0.2, -0.15) is 0 Å². The van der Waals surface area contributed by atoms with E-state index in [0.29, 0.717) is 11.5 Å². The van der Waals surface area contributed by atoms with Crippen LogP contribution in [-0.4, -0.2) is 17.4 Å². The van der Waals surface area contributed by atoms with Gasteiger partial charge in [-0.3, -0.25) is 4.79 Å². The molecule has 98 valence electrons. The molecule has 0 bridgehead atoms. The van der Waals surface area contributed by atoms with Crippen LogP contribution in [0.4, 0.5) is 0 Å². The number of hydrogen-bond acceptors (Lipinski definition) is 2. The highest BCUT2D eigenvalue weighted by Gasteiger charge is 2.10. The lowest BCUT2D eigenvalue weighted by atomic mass is 10.0. The molecule has 0 fully saturated rings. The van der Waals surface area contributed by atoms with E-state index in [4.69, 9.17) is 18.0 Å². The Morgan fingerprint density at radius 2 is 1.89 bits per heavy atom. The number of benzene rings is 1. The van der Waals surface area contributed by atoms with Gasteiger partial charge in [0.05, 0.1) is 4.99 Å². The molecule has 1 amide bonds. The Labute approximate surface area is 114 Å². The zero-order valence-corrected chi connectivity index (χ0v) is 11.8. The molecule has 1 aromatic carbocycles. The molecule has 0 spiro atoms. The second kappa shape index (κ2) is 7.11. The lowest BCUT2D eigenvalue weighted by molar-refractivity contribution is 0.0952. The molecule has 0 heterocycles. The van der Waals surface area contributed by atoms with Crippen molar-refractivity contribution in [2.24, 2.45) is 5.73 Å². The highest BCUT2D eigenvalue weighted by atomic mass is 32.1. The topological polar surface area (TPSA) is 55.1 Å². The predicted octanol–water partition coefficient (Wildman–Crippen LogP) is 2.49. The minimum atomic E-state index is 0.000856. The summed E-state index contributed by atoms with van der Waals surface area (Å²) in [6, 6.07) is 5.87. The molecule has 0 saturated carbocycles. The number of nitrogens with one attached hydrogen (secondary N) is 1. The first kappa shape index (κ1) is 14.6. The summed E-state index contributed by atoms with van der Waals surface area (Å²) in [6.07, 6.45) is 2.56. The van der Waals surface area contributed by atoms with Gasteiger partial charge in [0.2, 0.25) is 0 Å². The van der Waals surface area contributed by atoms with E-state index in [1.807, 2.05) is 32.0 Å². The third-order valence-corrected chi connectivity index (χ3v) is 3.05. The molecule has 3 nitrogen and oxygen atoms in total. The van der Waals surface area contributed by atoms with Crippen molar-refractivity contribution in [2.45, 2.75) is 33.1 Å². The number of nitrogens with two attached hydrogens (primary N) is 1. The quantitative estimate of drug-likeness (QED) is 0.613. The highest BCUT2D eigenvalue weighted by Crippen LogP contribution is 2.12. The zero-order chi connectivity index (χ0) is 13.5. The van der Waals surface area contributed by atoms with Crippen LogP contribution in [0.5, 0.6) is 0 Å². The maximum Gasteiger partial charge on any atom is 0.251 e. The Kier molecular flexibility index (Phi) is 5.78. The first-order chi connectivity index (χ1) is 8.52. The van der Waals surface area contributed by atoms with Crippen LogP contribution in [0.3, 0.4) is 0 Å². The number of carbonyl (C=O) groups is 1. The van der Waals surface area contributed by atoms with Crippen molar-refractivity contribution in [3.63, 3.8) is 0 Å². The number of hydrogen-bond donors (Lipinski definition) is 2. The van der Waals surface area contributed by atoms with Crippen molar-refractivity contribution < 1.29 is 4.79 Å². The van der Waals surface area contributed by atoms with Crippen molar-refractivity contribution in [1.29, 1.82) is 0 Å². The van der Waals surface area contributed by atoms with Crippen molar-refractivity contribution in [3.05, 3.63) is 34.9 Å². The van der Waals surface area contributed by atoms with Gasteiger partial charge in [0, 0.05) is 12.1 Å². The largest absolute Gasteiger partial charge is 0.393 e. The van der Waals surface area contributed by atoms with Crippen LogP contribution >= 0.6 is 12.2 Å². The molecular weight excluding hydrogens is 244 g/mol. The predicted molar refractivity (Wildman–Crippen MR) is 78.9 cm³/mol. The lowest BCUT2D eigenvalue weighted by Gasteiger charge is -2.10. The average molecular weight is 264 g/mol. The fraction of sp³-hybridized carbons (Fsp3) is 0.429. The maximum atomic E-state index is 12.0. The normalized spacial score (nSPS) is 10.1. The molecule has 0 radical (unpaired) electrons. The number of aryl methyl sites for hydroxylation is 2. The molecule has 1 aromatic rings. The van der Waals surface area contributed by atoms with Crippen molar-refractivity contribution in [3.8, 4) is 0 Å². The molecule has 0 aliphatic rings. The summed E-state index contributed by atoms with van der Waals surface area (Å²) in [5, 5.41) is 2.93. The third-order valence-electron chi connectivity index (χ3n) is 2.84.